The summed E-state index contributed by atoms with van der Waals surface area (Å²) in [6.45, 7) is 11.2. The van der Waals surface area contributed by atoms with Gasteiger partial charge in [0, 0.05) is 13.3 Å². The highest BCUT2D eigenvalue weighted by molar-refractivity contribution is 5.77. The lowest BCUT2D eigenvalue weighted by molar-refractivity contribution is 0.588. The van der Waals surface area contributed by atoms with Gasteiger partial charge in [0.1, 0.15) is 0 Å². The zero-order chi connectivity index (χ0) is 18.4. The third-order valence-electron chi connectivity index (χ3n) is 4.37. The predicted molar refractivity (Wildman–Crippen MR) is 113 cm³/mol. The van der Waals surface area contributed by atoms with Gasteiger partial charge in [0.05, 0.1) is 0 Å². The maximum absolute atomic E-state index is 3.98. The van der Waals surface area contributed by atoms with Crippen molar-refractivity contribution in [2.24, 2.45) is 4.99 Å². The zero-order valence-corrected chi connectivity index (χ0v) is 16.3. The summed E-state index contributed by atoms with van der Waals surface area (Å²) in [7, 11) is 1.78. The van der Waals surface area contributed by atoms with Crippen molar-refractivity contribution < 1.29 is 0 Å². The smallest absolute Gasteiger partial charge is 0.0277 e. The maximum Gasteiger partial charge on any atom is 0.0277 e. The van der Waals surface area contributed by atoms with Gasteiger partial charge in [-0.1, -0.05) is 69.3 Å². The number of hydrogen-bond acceptors (Lipinski definition) is 1. The number of benzene rings is 2. The molecule has 0 aliphatic carbocycles. The Balaban J connectivity index is 2.59. The summed E-state index contributed by atoms with van der Waals surface area (Å²) in [6, 6.07) is 15.3. The molecule has 2 aromatic carbocycles. The van der Waals surface area contributed by atoms with E-state index in [-0.39, 0.29) is 5.41 Å². The molecule has 0 unspecified atom stereocenters. The first kappa shape index (κ1) is 18.9. The standard InChI is InChI=1S/C24H29N/c1-18(12-10-11-15-25-6)22-16-19(2)21(17-23(22)24(3,4)5)20-13-8-7-9-14-20/h7-17H,1-6H3/b11-10-,18-12+,25-15?. The number of aryl methyl sites for hydroxylation is 1. The minimum absolute atomic E-state index is 0.0796. The molecule has 0 atom stereocenters. The van der Waals surface area contributed by atoms with Crippen molar-refractivity contribution in [1.29, 1.82) is 0 Å². The molecule has 2 aromatic rings. The molecule has 0 fully saturated rings. The Bertz CT molecular complexity index is 800. The van der Waals surface area contributed by atoms with E-state index >= 15 is 0 Å². The zero-order valence-electron chi connectivity index (χ0n) is 16.3. The normalized spacial score (nSPS) is 13.1. The molecule has 0 aliphatic heterocycles. The molecule has 0 radical (unpaired) electrons. The molecule has 0 amide bonds. The molecule has 0 saturated carbocycles. The Morgan fingerprint density at radius 1 is 1.00 bits per heavy atom. The van der Waals surface area contributed by atoms with Crippen LogP contribution in [0.1, 0.15) is 44.4 Å². The van der Waals surface area contributed by atoms with E-state index in [9.17, 15) is 0 Å². The molecular formula is C24H29N. The van der Waals surface area contributed by atoms with Crippen LogP contribution < -0.4 is 0 Å². The van der Waals surface area contributed by atoms with Crippen molar-refractivity contribution in [3.05, 3.63) is 77.4 Å². The Hall–Kier alpha value is -2.41. The quantitative estimate of drug-likeness (QED) is 0.441. The highest BCUT2D eigenvalue weighted by atomic mass is 14.6. The summed E-state index contributed by atoms with van der Waals surface area (Å²) in [5, 5.41) is 0. The molecule has 0 aromatic heterocycles. The van der Waals surface area contributed by atoms with Gasteiger partial charge in [-0.3, -0.25) is 4.99 Å². The van der Waals surface area contributed by atoms with Crippen LogP contribution >= 0.6 is 0 Å². The van der Waals surface area contributed by atoms with Gasteiger partial charge in [0.25, 0.3) is 0 Å². The van der Waals surface area contributed by atoms with Crippen LogP contribution in [0.3, 0.4) is 0 Å². The highest BCUT2D eigenvalue weighted by Crippen LogP contribution is 2.36. The molecule has 0 bridgehead atoms. The molecular weight excluding hydrogens is 302 g/mol. The molecule has 0 aliphatic rings. The molecule has 0 spiro atoms. The topological polar surface area (TPSA) is 12.4 Å². The second-order valence-corrected chi connectivity index (χ2v) is 7.47. The van der Waals surface area contributed by atoms with Gasteiger partial charge in [-0.05, 0) is 64.8 Å². The van der Waals surface area contributed by atoms with Crippen molar-refractivity contribution in [2.45, 2.75) is 40.0 Å². The second-order valence-electron chi connectivity index (χ2n) is 7.47. The SMILES string of the molecule is CN=C/C=C\C=C(/C)c1cc(C)c(-c2ccccc2)cc1C(C)(C)C. The fourth-order valence-corrected chi connectivity index (χ4v) is 3.01. The molecule has 1 heteroatoms. The summed E-state index contributed by atoms with van der Waals surface area (Å²) in [5.41, 5.74) is 7.95. The summed E-state index contributed by atoms with van der Waals surface area (Å²) in [4.78, 5) is 3.98. The average molecular weight is 332 g/mol. The third kappa shape index (κ3) is 4.79. The predicted octanol–water partition coefficient (Wildman–Crippen LogP) is 6.62. The molecule has 130 valence electrons. The number of nitrogens with zero attached hydrogens (tertiary/aromatic N) is 1. The Labute approximate surface area is 152 Å². The van der Waals surface area contributed by atoms with Crippen LogP contribution in [-0.4, -0.2) is 13.3 Å². The lowest BCUT2D eigenvalue weighted by Gasteiger charge is -2.25. The first-order valence-electron chi connectivity index (χ1n) is 8.81. The van der Waals surface area contributed by atoms with E-state index in [0.717, 1.165) is 0 Å². The summed E-state index contributed by atoms with van der Waals surface area (Å²) in [6.07, 6.45) is 7.98. The van der Waals surface area contributed by atoms with E-state index in [1.807, 2.05) is 6.08 Å². The highest BCUT2D eigenvalue weighted by Gasteiger charge is 2.20. The van der Waals surface area contributed by atoms with Gasteiger partial charge >= 0.3 is 0 Å². The minimum Gasteiger partial charge on any atom is -0.297 e. The number of allylic oxidation sites excluding steroid dienone is 4. The number of aliphatic imine (C=N–C) groups is 1. The maximum atomic E-state index is 3.98. The van der Waals surface area contributed by atoms with E-state index in [4.69, 9.17) is 0 Å². The Kier molecular flexibility index (Phi) is 6.14. The largest absolute Gasteiger partial charge is 0.297 e. The fraction of sp³-hybridized carbons (Fsp3) is 0.292. The van der Waals surface area contributed by atoms with Crippen LogP contribution in [0, 0.1) is 6.92 Å². The van der Waals surface area contributed by atoms with E-state index in [1.54, 1.807) is 13.3 Å². The van der Waals surface area contributed by atoms with Crippen LogP contribution in [0.25, 0.3) is 16.7 Å². The average Bonchev–Trinajstić information content (AvgIpc) is 2.58. The van der Waals surface area contributed by atoms with Gasteiger partial charge in [-0.2, -0.15) is 0 Å². The minimum atomic E-state index is 0.0796. The van der Waals surface area contributed by atoms with Crippen LogP contribution in [0.4, 0.5) is 0 Å². The van der Waals surface area contributed by atoms with Crippen LogP contribution in [0.15, 0.2) is 65.7 Å². The molecule has 25 heavy (non-hydrogen) atoms. The first-order valence-corrected chi connectivity index (χ1v) is 8.81. The Morgan fingerprint density at radius 2 is 1.68 bits per heavy atom. The van der Waals surface area contributed by atoms with Gasteiger partial charge in [-0.25, -0.2) is 0 Å². The molecule has 0 heterocycles. The van der Waals surface area contributed by atoms with E-state index < -0.39 is 0 Å². The van der Waals surface area contributed by atoms with Gasteiger partial charge < -0.3 is 0 Å². The van der Waals surface area contributed by atoms with Crippen molar-refractivity contribution in [3.63, 3.8) is 0 Å². The van der Waals surface area contributed by atoms with E-state index in [2.05, 4.69) is 94.2 Å². The summed E-state index contributed by atoms with van der Waals surface area (Å²) >= 11 is 0. The first-order chi connectivity index (χ1) is 11.8. The Morgan fingerprint density at radius 3 is 2.28 bits per heavy atom. The van der Waals surface area contributed by atoms with Crippen molar-refractivity contribution in [1.82, 2.24) is 0 Å². The monoisotopic (exact) mass is 331 g/mol. The van der Waals surface area contributed by atoms with E-state index in [1.165, 1.54) is 33.4 Å². The fourth-order valence-electron chi connectivity index (χ4n) is 3.01. The van der Waals surface area contributed by atoms with E-state index in [0.29, 0.717) is 0 Å². The molecule has 1 nitrogen and oxygen atoms in total. The van der Waals surface area contributed by atoms with Gasteiger partial charge in [0.2, 0.25) is 0 Å². The lowest BCUT2D eigenvalue weighted by Crippen LogP contribution is -2.14. The molecule has 0 N–H and O–H groups in total. The van der Waals surface area contributed by atoms with Crippen LogP contribution in [-0.2, 0) is 5.41 Å². The number of rotatable bonds is 4. The van der Waals surface area contributed by atoms with Crippen molar-refractivity contribution in [3.8, 4) is 11.1 Å². The molecule has 2 rings (SSSR count). The van der Waals surface area contributed by atoms with Crippen LogP contribution in [0.2, 0.25) is 0 Å². The van der Waals surface area contributed by atoms with Gasteiger partial charge in [-0.15, -0.1) is 0 Å². The van der Waals surface area contributed by atoms with Crippen LogP contribution in [0.5, 0.6) is 0 Å². The van der Waals surface area contributed by atoms with Crippen molar-refractivity contribution >= 4 is 11.8 Å². The summed E-state index contributed by atoms with van der Waals surface area (Å²) in [5.74, 6) is 0. The third-order valence-corrected chi connectivity index (χ3v) is 4.37. The molecule has 0 saturated heterocycles. The summed E-state index contributed by atoms with van der Waals surface area (Å²) < 4.78 is 0. The number of hydrogen-bond donors (Lipinski definition) is 0. The lowest BCUT2D eigenvalue weighted by atomic mass is 9.79. The van der Waals surface area contributed by atoms with Gasteiger partial charge in [0.15, 0.2) is 0 Å². The second kappa shape index (κ2) is 8.11. The van der Waals surface area contributed by atoms with Crippen molar-refractivity contribution in [2.75, 3.05) is 7.05 Å².